The molecule has 0 saturated heterocycles. The number of nitrogens with zero attached hydrogens (tertiary/aromatic N) is 2. The van der Waals surface area contributed by atoms with Gasteiger partial charge in [-0.3, -0.25) is 9.59 Å². The van der Waals surface area contributed by atoms with Crippen molar-refractivity contribution in [3.05, 3.63) is 57.5 Å². The molecule has 0 spiro atoms. The Kier molecular flexibility index (Phi) is 6.12. The van der Waals surface area contributed by atoms with Gasteiger partial charge < -0.3 is 9.47 Å². The van der Waals surface area contributed by atoms with Crippen LogP contribution in [0.25, 0.3) is 0 Å². The molecular formula is C18H22N2O4. The fourth-order valence-corrected chi connectivity index (χ4v) is 2.46. The van der Waals surface area contributed by atoms with Gasteiger partial charge in [-0.2, -0.15) is 5.10 Å². The third kappa shape index (κ3) is 4.68. The molecule has 0 saturated carbocycles. The van der Waals surface area contributed by atoms with Gasteiger partial charge in [0, 0.05) is 12.0 Å². The average Bonchev–Trinajstić information content (AvgIpc) is 2.57. The number of hydrogen-bond acceptors (Lipinski definition) is 5. The number of ether oxygens (including phenoxy) is 2. The second-order valence-corrected chi connectivity index (χ2v) is 5.42. The van der Waals surface area contributed by atoms with Crippen LogP contribution in [-0.2, 0) is 22.5 Å². The van der Waals surface area contributed by atoms with Crippen molar-refractivity contribution in [1.82, 2.24) is 9.78 Å². The van der Waals surface area contributed by atoms with E-state index in [1.54, 1.807) is 20.1 Å². The summed E-state index contributed by atoms with van der Waals surface area (Å²) in [5.74, 6) is 0.419. The highest BCUT2D eigenvalue weighted by Gasteiger charge is 2.10. The van der Waals surface area contributed by atoms with Crippen molar-refractivity contribution in [3.8, 4) is 5.75 Å². The third-order valence-electron chi connectivity index (χ3n) is 3.53. The largest absolute Gasteiger partial charge is 0.497 e. The molecule has 6 nitrogen and oxygen atoms in total. The zero-order chi connectivity index (χ0) is 17.5. The summed E-state index contributed by atoms with van der Waals surface area (Å²) in [5.41, 5.74) is 2.16. The Morgan fingerprint density at radius 2 is 2.08 bits per heavy atom. The highest BCUT2D eigenvalue weighted by molar-refractivity contribution is 5.69. The van der Waals surface area contributed by atoms with Crippen LogP contribution in [0.4, 0.5) is 0 Å². The number of rotatable bonds is 7. The van der Waals surface area contributed by atoms with Crippen LogP contribution in [-0.4, -0.2) is 29.5 Å². The van der Waals surface area contributed by atoms with Gasteiger partial charge in [-0.05, 0) is 37.6 Å². The number of carbonyl (C=O) groups is 1. The van der Waals surface area contributed by atoms with Gasteiger partial charge in [-0.25, -0.2) is 4.68 Å². The molecule has 0 bridgehead atoms. The first kappa shape index (κ1) is 17.7. The molecule has 0 N–H and O–H groups in total. The number of aryl methyl sites for hydroxylation is 2. The SMILES string of the molecule is CCOC(=O)CCn1nc(C)cc(Cc2cccc(OC)c2)c1=O. The number of benzene rings is 1. The van der Waals surface area contributed by atoms with Crippen molar-refractivity contribution in [2.45, 2.75) is 33.2 Å². The minimum atomic E-state index is -0.331. The Morgan fingerprint density at radius 1 is 1.29 bits per heavy atom. The molecule has 0 aliphatic carbocycles. The predicted octanol–water partition coefficient (Wildman–Crippen LogP) is 2.10. The van der Waals surface area contributed by atoms with E-state index in [4.69, 9.17) is 9.47 Å². The minimum Gasteiger partial charge on any atom is -0.497 e. The number of esters is 1. The van der Waals surface area contributed by atoms with E-state index in [9.17, 15) is 9.59 Å². The van der Waals surface area contributed by atoms with Gasteiger partial charge >= 0.3 is 5.97 Å². The normalized spacial score (nSPS) is 10.5. The highest BCUT2D eigenvalue weighted by Crippen LogP contribution is 2.15. The van der Waals surface area contributed by atoms with Crippen molar-refractivity contribution in [3.63, 3.8) is 0 Å². The fraction of sp³-hybridized carbons (Fsp3) is 0.389. The highest BCUT2D eigenvalue weighted by atomic mass is 16.5. The first-order valence-corrected chi connectivity index (χ1v) is 7.89. The van der Waals surface area contributed by atoms with Crippen LogP contribution < -0.4 is 10.3 Å². The Hall–Kier alpha value is -2.63. The van der Waals surface area contributed by atoms with Gasteiger partial charge in [0.2, 0.25) is 0 Å². The molecule has 1 aromatic carbocycles. The van der Waals surface area contributed by atoms with E-state index in [0.717, 1.165) is 17.0 Å². The van der Waals surface area contributed by atoms with Crippen LogP contribution in [0.1, 0.15) is 30.2 Å². The second-order valence-electron chi connectivity index (χ2n) is 5.42. The number of carbonyl (C=O) groups excluding carboxylic acids is 1. The lowest BCUT2D eigenvalue weighted by Crippen LogP contribution is -2.28. The topological polar surface area (TPSA) is 70.4 Å². The first-order valence-electron chi connectivity index (χ1n) is 7.89. The van der Waals surface area contributed by atoms with Gasteiger partial charge in [0.05, 0.1) is 32.4 Å². The maximum Gasteiger partial charge on any atom is 0.307 e. The molecule has 0 aliphatic rings. The molecule has 0 amide bonds. The monoisotopic (exact) mass is 330 g/mol. The first-order chi connectivity index (χ1) is 11.5. The Morgan fingerprint density at radius 3 is 2.79 bits per heavy atom. The van der Waals surface area contributed by atoms with E-state index in [1.807, 2.05) is 31.2 Å². The van der Waals surface area contributed by atoms with Crippen LogP contribution in [0.5, 0.6) is 5.75 Å². The van der Waals surface area contributed by atoms with Crippen LogP contribution in [0.2, 0.25) is 0 Å². The standard InChI is InChI=1S/C18H22N2O4/c1-4-24-17(21)8-9-20-18(22)15(10-13(2)19-20)11-14-6-5-7-16(12-14)23-3/h5-7,10,12H,4,8-9,11H2,1-3H3. The van der Waals surface area contributed by atoms with E-state index < -0.39 is 0 Å². The van der Waals surface area contributed by atoms with Crippen LogP contribution >= 0.6 is 0 Å². The summed E-state index contributed by atoms with van der Waals surface area (Å²) >= 11 is 0. The Balaban J connectivity index is 2.21. The molecule has 0 atom stereocenters. The van der Waals surface area contributed by atoms with E-state index in [-0.39, 0.29) is 24.5 Å². The Labute approximate surface area is 141 Å². The van der Waals surface area contributed by atoms with Gasteiger partial charge in [0.25, 0.3) is 5.56 Å². The summed E-state index contributed by atoms with van der Waals surface area (Å²) in [6, 6.07) is 9.38. The number of hydrogen-bond donors (Lipinski definition) is 0. The molecule has 0 fully saturated rings. The van der Waals surface area contributed by atoms with E-state index >= 15 is 0 Å². The van der Waals surface area contributed by atoms with Crippen molar-refractivity contribution in [2.75, 3.05) is 13.7 Å². The molecule has 0 radical (unpaired) electrons. The molecule has 2 rings (SSSR count). The molecule has 2 aromatic rings. The summed E-state index contributed by atoms with van der Waals surface area (Å²) < 4.78 is 11.4. The smallest absolute Gasteiger partial charge is 0.307 e. The van der Waals surface area contributed by atoms with Crippen molar-refractivity contribution >= 4 is 5.97 Å². The molecule has 0 unspecified atom stereocenters. The maximum atomic E-state index is 12.6. The zero-order valence-electron chi connectivity index (χ0n) is 14.2. The van der Waals surface area contributed by atoms with Crippen molar-refractivity contribution in [1.29, 1.82) is 0 Å². The summed E-state index contributed by atoms with van der Waals surface area (Å²) in [6.45, 7) is 4.12. The second kappa shape index (κ2) is 8.29. The van der Waals surface area contributed by atoms with Gasteiger partial charge in [0.15, 0.2) is 0 Å². The van der Waals surface area contributed by atoms with Crippen molar-refractivity contribution in [2.24, 2.45) is 0 Å². The quantitative estimate of drug-likeness (QED) is 0.727. The van der Waals surface area contributed by atoms with Crippen molar-refractivity contribution < 1.29 is 14.3 Å². The molecular weight excluding hydrogens is 308 g/mol. The summed E-state index contributed by atoms with van der Waals surface area (Å²) in [4.78, 5) is 24.0. The van der Waals surface area contributed by atoms with Gasteiger partial charge in [0.1, 0.15) is 5.75 Å². The summed E-state index contributed by atoms with van der Waals surface area (Å²) in [6.07, 6.45) is 0.613. The lowest BCUT2D eigenvalue weighted by Gasteiger charge is -2.09. The molecule has 0 aliphatic heterocycles. The zero-order valence-corrected chi connectivity index (χ0v) is 14.2. The van der Waals surface area contributed by atoms with Crippen LogP contribution in [0, 0.1) is 6.92 Å². The van der Waals surface area contributed by atoms with Crippen LogP contribution in [0.3, 0.4) is 0 Å². The van der Waals surface area contributed by atoms with Crippen LogP contribution in [0.15, 0.2) is 35.1 Å². The fourth-order valence-electron chi connectivity index (χ4n) is 2.46. The van der Waals surface area contributed by atoms with E-state index in [0.29, 0.717) is 18.6 Å². The lowest BCUT2D eigenvalue weighted by atomic mass is 10.1. The van der Waals surface area contributed by atoms with Gasteiger partial charge in [-0.15, -0.1) is 0 Å². The molecule has 1 heterocycles. The van der Waals surface area contributed by atoms with Gasteiger partial charge in [-0.1, -0.05) is 12.1 Å². The lowest BCUT2D eigenvalue weighted by molar-refractivity contribution is -0.143. The number of aromatic nitrogens is 2. The summed E-state index contributed by atoms with van der Waals surface area (Å²) in [5, 5.41) is 4.21. The number of methoxy groups -OCH3 is 1. The van der Waals surface area contributed by atoms with E-state index in [1.165, 1.54) is 4.68 Å². The molecule has 6 heteroatoms. The predicted molar refractivity (Wildman–Crippen MR) is 90.3 cm³/mol. The third-order valence-corrected chi connectivity index (χ3v) is 3.53. The van der Waals surface area contributed by atoms with E-state index in [2.05, 4.69) is 5.10 Å². The average molecular weight is 330 g/mol. The summed E-state index contributed by atoms with van der Waals surface area (Å²) in [7, 11) is 1.61. The maximum absolute atomic E-state index is 12.6. The Bertz CT molecular complexity index is 768. The molecule has 24 heavy (non-hydrogen) atoms. The molecule has 128 valence electrons. The minimum absolute atomic E-state index is 0.128. The molecule has 1 aromatic heterocycles.